The predicted octanol–water partition coefficient (Wildman–Crippen LogP) is 0.613. The number of hydrogen-bond donors (Lipinski definition) is 0. The van der Waals surface area contributed by atoms with Gasteiger partial charge in [-0.25, -0.2) is 17.7 Å². The van der Waals surface area contributed by atoms with Crippen molar-refractivity contribution >= 4 is 26.5 Å². The summed E-state index contributed by atoms with van der Waals surface area (Å²) < 4.78 is 24.3. The van der Waals surface area contributed by atoms with Crippen molar-refractivity contribution < 1.29 is 8.42 Å². The van der Waals surface area contributed by atoms with E-state index >= 15 is 0 Å². The van der Waals surface area contributed by atoms with Crippen molar-refractivity contribution in [1.29, 1.82) is 0 Å². The third-order valence-corrected chi connectivity index (χ3v) is 5.07. The molecule has 0 N–H and O–H groups in total. The predicted molar refractivity (Wildman–Crippen MR) is 65.3 cm³/mol. The first-order chi connectivity index (χ1) is 7.48. The van der Waals surface area contributed by atoms with Gasteiger partial charge in [-0.2, -0.15) is 0 Å². The van der Waals surface area contributed by atoms with E-state index in [1.165, 1.54) is 10.6 Å². The summed E-state index contributed by atoms with van der Waals surface area (Å²) >= 11 is 1.59. The van der Waals surface area contributed by atoms with Gasteiger partial charge in [0.1, 0.15) is 0 Å². The van der Waals surface area contributed by atoms with Crippen LogP contribution in [0, 0.1) is 0 Å². The molecule has 1 fully saturated rings. The highest BCUT2D eigenvalue weighted by atomic mass is 32.2. The lowest BCUT2D eigenvalue weighted by Crippen LogP contribution is -2.38. The number of thiazole rings is 1. The van der Waals surface area contributed by atoms with Crippen LogP contribution in [0.3, 0.4) is 0 Å². The van der Waals surface area contributed by atoms with Gasteiger partial charge in [0.05, 0.1) is 6.26 Å². The van der Waals surface area contributed by atoms with E-state index in [1.54, 1.807) is 24.6 Å². The van der Waals surface area contributed by atoms with Gasteiger partial charge in [-0.3, -0.25) is 0 Å². The monoisotopic (exact) mass is 261 g/mol. The minimum absolute atomic E-state index is 0.0684. The average Bonchev–Trinajstić information content (AvgIpc) is 2.85. The molecule has 2 heterocycles. The Kier molecular flexibility index (Phi) is 3.18. The maximum Gasteiger partial charge on any atom is 0.211 e. The second-order valence-electron chi connectivity index (χ2n) is 3.98. The Bertz CT molecular complexity index is 443. The van der Waals surface area contributed by atoms with Crippen LogP contribution in [0.2, 0.25) is 0 Å². The van der Waals surface area contributed by atoms with E-state index in [0.29, 0.717) is 0 Å². The molecule has 0 aromatic carbocycles. The van der Waals surface area contributed by atoms with Gasteiger partial charge in [-0.15, -0.1) is 11.3 Å². The molecule has 0 spiro atoms. The van der Waals surface area contributed by atoms with Gasteiger partial charge in [0.2, 0.25) is 10.0 Å². The van der Waals surface area contributed by atoms with E-state index in [0.717, 1.165) is 24.6 Å². The van der Waals surface area contributed by atoms with Crippen LogP contribution in [-0.2, 0) is 10.0 Å². The van der Waals surface area contributed by atoms with Crippen LogP contribution < -0.4 is 4.90 Å². The number of aromatic nitrogens is 1. The largest absolute Gasteiger partial charge is 0.346 e. The topological polar surface area (TPSA) is 53.5 Å². The van der Waals surface area contributed by atoms with Crippen LogP contribution in [0.4, 0.5) is 5.13 Å². The van der Waals surface area contributed by atoms with Crippen molar-refractivity contribution in [3.05, 3.63) is 11.6 Å². The molecular weight excluding hydrogens is 246 g/mol. The molecule has 1 aliphatic heterocycles. The lowest BCUT2D eigenvalue weighted by Gasteiger charge is -2.22. The molecule has 1 saturated heterocycles. The zero-order valence-corrected chi connectivity index (χ0v) is 11.0. The SMILES string of the molecule is CN(C1CCN(c2nccs2)C1)S(C)(=O)=O. The van der Waals surface area contributed by atoms with Gasteiger partial charge < -0.3 is 4.90 Å². The van der Waals surface area contributed by atoms with Crippen molar-refractivity contribution in [2.45, 2.75) is 12.5 Å². The van der Waals surface area contributed by atoms with Crippen LogP contribution in [-0.4, -0.2) is 50.1 Å². The Balaban J connectivity index is 2.04. The summed E-state index contributed by atoms with van der Waals surface area (Å²) in [7, 11) is -1.44. The second-order valence-corrected chi connectivity index (χ2v) is 6.90. The molecule has 5 nitrogen and oxygen atoms in total. The Morgan fingerprint density at radius 3 is 2.94 bits per heavy atom. The molecule has 2 rings (SSSR count). The van der Waals surface area contributed by atoms with E-state index in [4.69, 9.17) is 0 Å². The van der Waals surface area contributed by atoms with Crippen molar-refractivity contribution in [3.8, 4) is 0 Å². The van der Waals surface area contributed by atoms with Gasteiger partial charge in [0.15, 0.2) is 5.13 Å². The van der Waals surface area contributed by atoms with E-state index < -0.39 is 10.0 Å². The first-order valence-electron chi connectivity index (χ1n) is 5.06. The molecular formula is C9H15N3O2S2. The maximum absolute atomic E-state index is 11.4. The van der Waals surface area contributed by atoms with Crippen molar-refractivity contribution in [2.75, 3.05) is 31.3 Å². The molecule has 7 heteroatoms. The minimum atomic E-state index is -3.09. The fourth-order valence-electron chi connectivity index (χ4n) is 1.86. The Morgan fingerprint density at radius 2 is 2.38 bits per heavy atom. The zero-order chi connectivity index (χ0) is 11.8. The van der Waals surface area contributed by atoms with Gasteiger partial charge >= 0.3 is 0 Å². The van der Waals surface area contributed by atoms with Crippen molar-refractivity contribution in [2.24, 2.45) is 0 Å². The fourth-order valence-corrected chi connectivity index (χ4v) is 3.25. The lowest BCUT2D eigenvalue weighted by atomic mass is 10.3. The normalized spacial score (nSPS) is 21.9. The Hall–Kier alpha value is -0.660. The summed E-state index contributed by atoms with van der Waals surface area (Å²) in [5.74, 6) is 0. The third-order valence-electron chi connectivity index (χ3n) is 2.89. The van der Waals surface area contributed by atoms with Crippen LogP contribution in [0.15, 0.2) is 11.6 Å². The Morgan fingerprint density at radius 1 is 1.62 bits per heavy atom. The van der Waals surface area contributed by atoms with Crippen LogP contribution in [0.5, 0.6) is 0 Å². The molecule has 1 atom stereocenters. The number of anilines is 1. The van der Waals surface area contributed by atoms with E-state index in [1.807, 2.05) is 5.38 Å². The average molecular weight is 261 g/mol. The quantitative estimate of drug-likeness (QED) is 0.800. The summed E-state index contributed by atoms with van der Waals surface area (Å²) in [5.41, 5.74) is 0. The van der Waals surface area contributed by atoms with Gasteiger partial charge in [-0.05, 0) is 6.42 Å². The molecule has 0 saturated carbocycles. The third kappa shape index (κ3) is 2.36. The first-order valence-corrected chi connectivity index (χ1v) is 7.79. The smallest absolute Gasteiger partial charge is 0.211 e. The number of sulfonamides is 1. The van der Waals surface area contributed by atoms with E-state index in [9.17, 15) is 8.42 Å². The molecule has 16 heavy (non-hydrogen) atoms. The number of hydrogen-bond acceptors (Lipinski definition) is 5. The first kappa shape index (κ1) is 11.8. The highest BCUT2D eigenvalue weighted by molar-refractivity contribution is 7.88. The van der Waals surface area contributed by atoms with Crippen molar-refractivity contribution in [3.63, 3.8) is 0 Å². The molecule has 1 aliphatic rings. The summed E-state index contributed by atoms with van der Waals surface area (Å²) in [6.07, 6.45) is 3.88. The molecule has 1 aromatic heterocycles. The molecule has 0 bridgehead atoms. The molecule has 0 radical (unpaired) electrons. The number of nitrogens with zero attached hydrogens (tertiary/aromatic N) is 3. The fraction of sp³-hybridized carbons (Fsp3) is 0.667. The van der Waals surface area contributed by atoms with Crippen LogP contribution >= 0.6 is 11.3 Å². The highest BCUT2D eigenvalue weighted by Gasteiger charge is 2.30. The summed E-state index contributed by atoms with van der Waals surface area (Å²) in [6, 6.07) is 0.0684. The molecule has 0 amide bonds. The molecule has 90 valence electrons. The van der Waals surface area contributed by atoms with Crippen molar-refractivity contribution in [1.82, 2.24) is 9.29 Å². The number of rotatable bonds is 3. The highest BCUT2D eigenvalue weighted by Crippen LogP contribution is 2.24. The van der Waals surface area contributed by atoms with E-state index in [2.05, 4.69) is 9.88 Å². The maximum atomic E-state index is 11.4. The summed E-state index contributed by atoms with van der Waals surface area (Å²) in [6.45, 7) is 1.61. The molecule has 1 aromatic rings. The van der Waals surface area contributed by atoms with Gasteiger partial charge in [0.25, 0.3) is 0 Å². The van der Waals surface area contributed by atoms with Gasteiger partial charge in [0, 0.05) is 37.8 Å². The lowest BCUT2D eigenvalue weighted by molar-refractivity contribution is 0.393. The van der Waals surface area contributed by atoms with Crippen LogP contribution in [0.1, 0.15) is 6.42 Å². The van der Waals surface area contributed by atoms with E-state index in [-0.39, 0.29) is 6.04 Å². The second kappa shape index (κ2) is 4.31. The zero-order valence-electron chi connectivity index (χ0n) is 9.33. The minimum Gasteiger partial charge on any atom is -0.346 e. The van der Waals surface area contributed by atoms with Gasteiger partial charge in [-0.1, -0.05) is 0 Å². The molecule has 1 unspecified atom stereocenters. The Labute approximate surface area is 99.8 Å². The molecule has 0 aliphatic carbocycles. The summed E-state index contributed by atoms with van der Waals surface area (Å²) in [4.78, 5) is 6.37. The summed E-state index contributed by atoms with van der Waals surface area (Å²) in [5, 5.41) is 2.91. The standard InChI is InChI=1S/C9H15N3O2S2/c1-11(16(2,13)14)8-3-5-12(7-8)9-10-4-6-15-9/h4,6,8H,3,5,7H2,1-2H3. The number of likely N-dealkylation sites (N-methyl/N-ethyl adjacent to an activating group) is 1. The van der Waals surface area contributed by atoms with Crippen LogP contribution in [0.25, 0.3) is 0 Å².